The molecule has 1 aromatic rings. The second-order valence-corrected chi connectivity index (χ2v) is 4.84. The number of aryl methyl sites for hydroxylation is 1. The van der Waals surface area contributed by atoms with E-state index in [1.807, 2.05) is 0 Å². The van der Waals surface area contributed by atoms with Crippen molar-refractivity contribution in [3.05, 3.63) is 24.0 Å². The molecule has 3 nitrogen and oxygen atoms in total. The number of unbranched alkanes of at least 4 members (excludes halogenated alkanes) is 4. The minimum absolute atomic E-state index is 0.776. The molecule has 0 spiro atoms. The fraction of sp³-hybridized carbons (Fsp3) is 0.733. The third-order valence-electron chi connectivity index (χ3n) is 3.14. The molecular weight excluding hydrogens is 224 g/mol. The molecule has 1 heterocycles. The van der Waals surface area contributed by atoms with Gasteiger partial charge < -0.3 is 14.6 Å². The van der Waals surface area contributed by atoms with Gasteiger partial charge in [0.2, 0.25) is 0 Å². The smallest absolute Gasteiger partial charge is 0.0587 e. The highest BCUT2D eigenvalue weighted by Crippen LogP contribution is 2.06. The molecule has 104 valence electrons. The second kappa shape index (κ2) is 10.2. The molecule has 0 aromatic carbocycles. The van der Waals surface area contributed by atoms with Crippen molar-refractivity contribution >= 4 is 0 Å². The largest absolute Gasteiger partial charge is 0.383 e. The van der Waals surface area contributed by atoms with Crippen LogP contribution < -0.4 is 5.32 Å². The number of nitrogens with one attached hydrogen (secondary N) is 1. The van der Waals surface area contributed by atoms with Crippen LogP contribution in [0.4, 0.5) is 0 Å². The van der Waals surface area contributed by atoms with E-state index in [4.69, 9.17) is 4.74 Å². The van der Waals surface area contributed by atoms with Crippen molar-refractivity contribution in [1.82, 2.24) is 9.88 Å². The van der Waals surface area contributed by atoms with Gasteiger partial charge in [-0.15, -0.1) is 0 Å². The van der Waals surface area contributed by atoms with Gasteiger partial charge in [-0.1, -0.05) is 32.6 Å². The lowest BCUT2D eigenvalue weighted by molar-refractivity contribution is 0.199. The Morgan fingerprint density at radius 2 is 2.06 bits per heavy atom. The zero-order valence-electron chi connectivity index (χ0n) is 12.0. The number of rotatable bonds is 11. The summed E-state index contributed by atoms with van der Waals surface area (Å²) in [6, 6.07) is 2.20. The van der Waals surface area contributed by atoms with Crippen molar-refractivity contribution in [2.24, 2.45) is 0 Å². The van der Waals surface area contributed by atoms with Crippen molar-refractivity contribution < 1.29 is 4.74 Å². The van der Waals surface area contributed by atoms with E-state index < -0.39 is 0 Å². The van der Waals surface area contributed by atoms with Gasteiger partial charge >= 0.3 is 0 Å². The number of hydrogen-bond acceptors (Lipinski definition) is 2. The van der Waals surface area contributed by atoms with E-state index >= 15 is 0 Å². The van der Waals surface area contributed by atoms with Gasteiger partial charge in [0, 0.05) is 39.1 Å². The molecule has 0 unspecified atom stereocenters. The molecule has 0 bridgehead atoms. The number of methoxy groups -OCH3 is 1. The van der Waals surface area contributed by atoms with Gasteiger partial charge in [0.05, 0.1) is 6.61 Å². The molecule has 18 heavy (non-hydrogen) atoms. The maximum Gasteiger partial charge on any atom is 0.0587 e. The van der Waals surface area contributed by atoms with E-state index in [0.29, 0.717) is 0 Å². The summed E-state index contributed by atoms with van der Waals surface area (Å²) in [7, 11) is 1.73. The maximum atomic E-state index is 5.00. The molecule has 0 atom stereocenters. The van der Waals surface area contributed by atoms with E-state index in [2.05, 4.69) is 35.3 Å². The van der Waals surface area contributed by atoms with Crippen LogP contribution in [0.2, 0.25) is 0 Å². The van der Waals surface area contributed by atoms with Crippen LogP contribution >= 0.6 is 0 Å². The molecule has 1 rings (SSSR count). The average molecular weight is 252 g/mol. The van der Waals surface area contributed by atoms with Gasteiger partial charge in [0.15, 0.2) is 0 Å². The standard InChI is InChI=1S/C15H28N2O/c1-3-4-5-6-7-10-17-11-8-15(14-17)13-16-9-12-18-2/h8,11,14,16H,3-7,9-10,12-13H2,1-2H3. The highest BCUT2D eigenvalue weighted by molar-refractivity contribution is 5.09. The maximum absolute atomic E-state index is 5.00. The monoisotopic (exact) mass is 252 g/mol. The first-order valence-corrected chi connectivity index (χ1v) is 7.21. The van der Waals surface area contributed by atoms with E-state index in [0.717, 1.165) is 26.2 Å². The van der Waals surface area contributed by atoms with Crippen LogP contribution in [-0.4, -0.2) is 24.8 Å². The van der Waals surface area contributed by atoms with Crippen molar-refractivity contribution in [2.75, 3.05) is 20.3 Å². The molecule has 0 aliphatic rings. The van der Waals surface area contributed by atoms with E-state index in [1.165, 1.54) is 37.7 Å². The van der Waals surface area contributed by atoms with Gasteiger partial charge in [0.1, 0.15) is 0 Å². The summed E-state index contributed by atoms with van der Waals surface area (Å²) in [5, 5.41) is 3.36. The molecule has 0 saturated carbocycles. The van der Waals surface area contributed by atoms with Crippen LogP contribution in [0.25, 0.3) is 0 Å². The molecule has 0 saturated heterocycles. The summed E-state index contributed by atoms with van der Waals surface area (Å²) in [4.78, 5) is 0. The fourth-order valence-corrected chi connectivity index (χ4v) is 2.04. The minimum Gasteiger partial charge on any atom is -0.383 e. The van der Waals surface area contributed by atoms with Gasteiger partial charge in [-0.3, -0.25) is 0 Å². The molecule has 3 heteroatoms. The first-order valence-electron chi connectivity index (χ1n) is 7.21. The SMILES string of the molecule is CCCCCCCn1ccc(CNCCOC)c1. The highest BCUT2D eigenvalue weighted by atomic mass is 16.5. The Morgan fingerprint density at radius 1 is 1.22 bits per heavy atom. The molecule has 0 aliphatic carbocycles. The Kier molecular flexibility index (Phi) is 8.61. The van der Waals surface area contributed by atoms with Crippen LogP contribution in [0.15, 0.2) is 18.5 Å². The van der Waals surface area contributed by atoms with Crippen LogP contribution in [-0.2, 0) is 17.8 Å². The zero-order valence-corrected chi connectivity index (χ0v) is 12.0. The van der Waals surface area contributed by atoms with Crippen molar-refractivity contribution in [3.8, 4) is 0 Å². The Bertz CT molecular complexity index is 296. The Hall–Kier alpha value is -0.800. The fourth-order valence-electron chi connectivity index (χ4n) is 2.04. The summed E-state index contributed by atoms with van der Waals surface area (Å²) in [5.74, 6) is 0. The van der Waals surface area contributed by atoms with Crippen molar-refractivity contribution in [3.63, 3.8) is 0 Å². The second-order valence-electron chi connectivity index (χ2n) is 4.84. The van der Waals surface area contributed by atoms with Crippen molar-refractivity contribution in [1.29, 1.82) is 0 Å². The summed E-state index contributed by atoms with van der Waals surface area (Å²) in [6.07, 6.45) is 11.2. The van der Waals surface area contributed by atoms with E-state index in [-0.39, 0.29) is 0 Å². The molecule has 0 radical (unpaired) electrons. The lowest BCUT2D eigenvalue weighted by Crippen LogP contribution is -2.18. The summed E-state index contributed by atoms with van der Waals surface area (Å²) < 4.78 is 7.31. The molecular formula is C15H28N2O. The number of hydrogen-bond donors (Lipinski definition) is 1. The van der Waals surface area contributed by atoms with Gasteiger partial charge in [-0.2, -0.15) is 0 Å². The summed E-state index contributed by atoms with van der Waals surface area (Å²) >= 11 is 0. The number of nitrogens with zero attached hydrogens (tertiary/aromatic N) is 1. The Labute approximate surface area is 112 Å². The quantitative estimate of drug-likeness (QED) is 0.612. The first kappa shape index (κ1) is 15.3. The molecule has 0 fully saturated rings. The summed E-state index contributed by atoms with van der Waals surface area (Å²) in [5.41, 5.74) is 1.36. The molecule has 0 aliphatic heterocycles. The lowest BCUT2D eigenvalue weighted by Gasteiger charge is -2.03. The van der Waals surface area contributed by atoms with Gasteiger partial charge in [-0.05, 0) is 18.1 Å². The topological polar surface area (TPSA) is 26.2 Å². The Balaban J connectivity index is 2.10. The molecule has 1 aromatic heterocycles. The zero-order chi connectivity index (χ0) is 13.1. The van der Waals surface area contributed by atoms with Crippen LogP contribution in [0.5, 0.6) is 0 Å². The average Bonchev–Trinajstić information content (AvgIpc) is 2.82. The summed E-state index contributed by atoms with van der Waals surface area (Å²) in [6.45, 7) is 6.04. The minimum atomic E-state index is 0.776. The normalized spacial score (nSPS) is 11.0. The lowest BCUT2D eigenvalue weighted by atomic mass is 10.1. The number of ether oxygens (including phenoxy) is 1. The predicted molar refractivity (Wildman–Crippen MR) is 76.8 cm³/mol. The van der Waals surface area contributed by atoms with Crippen LogP contribution in [0.3, 0.4) is 0 Å². The van der Waals surface area contributed by atoms with Crippen LogP contribution in [0.1, 0.15) is 44.6 Å². The van der Waals surface area contributed by atoms with Crippen molar-refractivity contribution in [2.45, 2.75) is 52.1 Å². The highest BCUT2D eigenvalue weighted by Gasteiger charge is 1.97. The van der Waals surface area contributed by atoms with E-state index in [9.17, 15) is 0 Å². The molecule has 0 amide bonds. The first-order chi connectivity index (χ1) is 8.86. The third kappa shape index (κ3) is 6.82. The van der Waals surface area contributed by atoms with Gasteiger partial charge in [0.25, 0.3) is 0 Å². The third-order valence-corrected chi connectivity index (χ3v) is 3.14. The van der Waals surface area contributed by atoms with Crippen LogP contribution in [0, 0.1) is 0 Å². The van der Waals surface area contributed by atoms with E-state index in [1.54, 1.807) is 7.11 Å². The number of aromatic nitrogens is 1. The predicted octanol–water partition coefficient (Wildman–Crippen LogP) is 3.19. The van der Waals surface area contributed by atoms with Gasteiger partial charge in [-0.25, -0.2) is 0 Å². The Morgan fingerprint density at radius 3 is 2.83 bits per heavy atom. The molecule has 1 N–H and O–H groups in total.